The van der Waals surface area contributed by atoms with Crippen molar-refractivity contribution in [1.29, 1.82) is 0 Å². The predicted octanol–water partition coefficient (Wildman–Crippen LogP) is 2.90. The molecule has 3 nitrogen and oxygen atoms in total. The molecule has 0 aliphatic rings. The minimum absolute atomic E-state index is 0.204. The highest BCUT2D eigenvalue weighted by atomic mass is 35.5. The van der Waals surface area contributed by atoms with Crippen molar-refractivity contribution in [2.45, 2.75) is 38.8 Å². The fourth-order valence-electron chi connectivity index (χ4n) is 1.56. The highest BCUT2D eigenvalue weighted by molar-refractivity contribution is 6.30. The van der Waals surface area contributed by atoms with E-state index in [0.29, 0.717) is 11.4 Å². The van der Waals surface area contributed by atoms with Crippen molar-refractivity contribution in [3.63, 3.8) is 0 Å². The van der Waals surface area contributed by atoms with E-state index in [1.165, 1.54) is 0 Å². The van der Waals surface area contributed by atoms with Gasteiger partial charge in [-0.05, 0) is 31.0 Å². The van der Waals surface area contributed by atoms with Crippen molar-refractivity contribution >= 4 is 17.6 Å². The fraction of sp³-hybridized carbons (Fsp3) is 0.462. The zero-order valence-corrected chi connectivity index (χ0v) is 11.0. The van der Waals surface area contributed by atoms with Crippen molar-refractivity contribution < 1.29 is 9.53 Å². The standard InChI is InChI=1S/C13H18ClNO2/c1-3-7-13(2,15)12(16)17-9-10-5-4-6-11(14)8-10/h4-6,8H,3,7,9,15H2,1-2H3. The van der Waals surface area contributed by atoms with Gasteiger partial charge in [-0.25, -0.2) is 0 Å². The molecule has 0 heterocycles. The van der Waals surface area contributed by atoms with Crippen LogP contribution in [-0.4, -0.2) is 11.5 Å². The average Bonchev–Trinajstić information content (AvgIpc) is 2.26. The molecular weight excluding hydrogens is 238 g/mol. The second kappa shape index (κ2) is 6.03. The van der Waals surface area contributed by atoms with Gasteiger partial charge in [-0.2, -0.15) is 0 Å². The highest BCUT2D eigenvalue weighted by Gasteiger charge is 2.28. The summed E-state index contributed by atoms with van der Waals surface area (Å²) in [7, 11) is 0. The molecule has 0 fully saturated rings. The Morgan fingerprint density at radius 2 is 2.24 bits per heavy atom. The summed E-state index contributed by atoms with van der Waals surface area (Å²) in [5, 5.41) is 0.627. The molecule has 1 aromatic carbocycles. The number of rotatable bonds is 5. The van der Waals surface area contributed by atoms with Crippen molar-refractivity contribution in [3.05, 3.63) is 34.9 Å². The zero-order valence-electron chi connectivity index (χ0n) is 10.2. The summed E-state index contributed by atoms with van der Waals surface area (Å²) >= 11 is 5.83. The van der Waals surface area contributed by atoms with Gasteiger partial charge in [0.15, 0.2) is 0 Å². The second-order valence-corrected chi connectivity index (χ2v) is 4.81. The van der Waals surface area contributed by atoms with Crippen LogP contribution >= 0.6 is 11.6 Å². The first-order valence-corrected chi connectivity index (χ1v) is 6.04. The first kappa shape index (κ1) is 14.0. The molecule has 0 saturated heterocycles. The average molecular weight is 256 g/mol. The first-order chi connectivity index (χ1) is 7.95. The molecule has 0 radical (unpaired) electrons. The minimum Gasteiger partial charge on any atom is -0.459 e. The monoisotopic (exact) mass is 255 g/mol. The summed E-state index contributed by atoms with van der Waals surface area (Å²) in [5.41, 5.74) is 5.81. The summed E-state index contributed by atoms with van der Waals surface area (Å²) in [4.78, 5) is 11.7. The maximum absolute atomic E-state index is 11.7. The van der Waals surface area contributed by atoms with E-state index in [4.69, 9.17) is 22.1 Å². The number of ether oxygens (including phenoxy) is 1. The number of hydrogen-bond donors (Lipinski definition) is 1. The lowest BCUT2D eigenvalue weighted by atomic mass is 9.98. The Bertz CT molecular complexity index is 391. The van der Waals surface area contributed by atoms with Crippen molar-refractivity contribution in [2.24, 2.45) is 5.73 Å². The number of carbonyl (C=O) groups excluding carboxylic acids is 1. The van der Waals surface area contributed by atoms with Gasteiger partial charge in [0.2, 0.25) is 0 Å². The van der Waals surface area contributed by atoms with Crippen LogP contribution in [0.5, 0.6) is 0 Å². The predicted molar refractivity (Wildman–Crippen MR) is 68.7 cm³/mol. The van der Waals surface area contributed by atoms with Gasteiger partial charge in [0.05, 0.1) is 0 Å². The van der Waals surface area contributed by atoms with Gasteiger partial charge in [0.25, 0.3) is 0 Å². The molecule has 2 N–H and O–H groups in total. The summed E-state index contributed by atoms with van der Waals surface area (Å²) in [5.74, 6) is -0.376. The molecule has 1 atom stereocenters. The van der Waals surface area contributed by atoms with Crippen LogP contribution in [0.2, 0.25) is 5.02 Å². The molecule has 1 unspecified atom stereocenters. The van der Waals surface area contributed by atoms with Crippen molar-refractivity contribution in [2.75, 3.05) is 0 Å². The van der Waals surface area contributed by atoms with Crippen LogP contribution in [0, 0.1) is 0 Å². The number of halogens is 1. The number of benzene rings is 1. The molecule has 0 aliphatic carbocycles. The van der Waals surface area contributed by atoms with E-state index in [1.54, 1.807) is 19.1 Å². The maximum Gasteiger partial charge on any atom is 0.326 e. The Balaban J connectivity index is 2.54. The summed E-state index contributed by atoms with van der Waals surface area (Å²) in [6.07, 6.45) is 1.46. The van der Waals surface area contributed by atoms with Gasteiger partial charge in [0, 0.05) is 5.02 Å². The lowest BCUT2D eigenvalue weighted by Gasteiger charge is -2.21. The number of nitrogens with two attached hydrogens (primary N) is 1. The molecule has 0 spiro atoms. The van der Waals surface area contributed by atoms with Crippen molar-refractivity contribution in [3.8, 4) is 0 Å². The van der Waals surface area contributed by atoms with E-state index in [0.717, 1.165) is 12.0 Å². The van der Waals surface area contributed by atoms with Gasteiger partial charge in [-0.1, -0.05) is 37.1 Å². The lowest BCUT2D eigenvalue weighted by Crippen LogP contribution is -2.45. The second-order valence-electron chi connectivity index (χ2n) is 4.37. The third-order valence-electron chi connectivity index (χ3n) is 2.49. The van der Waals surface area contributed by atoms with E-state index in [2.05, 4.69) is 0 Å². The Morgan fingerprint density at radius 1 is 1.53 bits per heavy atom. The molecule has 1 aromatic rings. The van der Waals surface area contributed by atoms with Crippen LogP contribution in [0.15, 0.2) is 24.3 Å². The molecule has 0 aliphatic heterocycles. The highest BCUT2D eigenvalue weighted by Crippen LogP contribution is 2.14. The van der Waals surface area contributed by atoms with Crippen LogP contribution in [0.1, 0.15) is 32.3 Å². The van der Waals surface area contributed by atoms with Gasteiger partial charge in [-0.3, -0.25) is 4.79 Å². The normalized spacial score (nSPS) is 14.1. The lowest BCUT2D eigenvalue weighted by molar-refractivity contribution is -0.151. The van der Waals surface area contributed by atoms with Gasteiger partial charge in [0.1, 0.15) is 12.1 Å². The molecule has 4 heteroatoms. The topological polar surface area (TPSA) is 52.3 Å². The van der Waals surface area contributed by atoms with Crippen LogP contribution in [0.4, 0.5) is 0 Å². The molecule has 1 rings (SSSR count). The summed E-state index contributed by atoms with van der Waals surface area (Å²) < 4.78 is 5.18. The quantitative estimate of drug-likeness (QED) is 0.823. The van der Waals surface area contributed by atoms with E-state index < -0.39 is 5.54 Å². The van der Waals surface area contributed by atoms with Crippen LogP contribution in [-0.2, 0) is 16.1 Å². The fourth-order valence-corrected chi connectivity index (χ4v) is 1.77. The van der Waals surface area contributed by atoms with Gasteiger partial charge in [-0.15, -0.1) is 0 Å². The Morgan fingerprint density at radius 3 is 2.82 bits per heavy atom. The Kier molecular flexibility index (Phi) is 4.97. The van der Waals surface area contributed by atoms with Gasteiger partial charge >= 0.3 is 5.97 Å². The Labute approximate surface area is 107 Å². The third kappa shape index (κ3) is 4.36. The van der Waals surface area contributed by atoms with E-state index in [1.807, 2.05) is 19.1 Å². The zero-order chi connectivity index (χ0) is 12.9. The van der Waals surface area contributed by atoms with E-state index in [9.17, 15) is 4.79 Å². The van der Waals surface area contributed by atoms with E-state index >= 15 is 0 Å². The number of hydrogen-bond acceptors (Lipinski definition) is 3. The molecular formula is C13H18ClNO2. The molecule has 0 saturated carbocycles. The van der Waals surface area contributed by atoms with Crippen LogP contribution < -0.4 is 5.73 Å². The third-order valence-corrected chi connectivity index (χ3v) is 2.73. The SMILES string of the molecule is CCCC(C)(N)C(=O)OCc1cccc(Cl)c1. The van der Waals surface area contributed by atoms with Crippen molar-refractivity contribution in [1.82, 2.24) is 0 Å². The largest absolute Gasteiger partial charge is 0.459 e. The molecule has 0 amide bonds. The Hall–Kier alpha value is -1.06. The number of carbonyl (C=O) groups is 1. The first-order valence-electron chi connectivity index (χ1n) is 5.66. The van der Waals surface area contributed by atoms with Gasteiger partial charge < -0.3 is 10.5 Å². The number of esters is 1. The van der Waals surface area contributed by atoms with Crippen LogP contribution in [0.3, 0.4) is 0 Å². The summed E-state index contributed by atoms with van der Waals surface area (Å²) in [6.45, 7) is 3.88. The van der Waals surface area contributed by atoms with E-state index in [-0.39, 0.29) is 12.6 Å². The molecule has 17 heavy (non-hydrogen) atoms. The molecule has 0 aromatic heterocycles. The molecule has 0 bridgehead atoms. The maximum atomic E-state index is 11.7. The summed E-state index contributed by atoms with van der Waals surface area (Å²) in [6, 6.07) is 7.21. The minimum atomic E-state index is -0.909. The molecule has 94 valence electrons. The smallest absolute Gasteiger partial charge is 0.326 e. The van der Waals surface area contributed by atoms with Crippen LogP contribution in [0.25, 0.3) is 0 Å².